The molecule has 1 unspecified atom stereocenters. The first kappa shape index (κ1) is 19.0. The second kappa shape index (κ2) is 8.02. The van der Waals surface area contributed by atoms with Crippen LogP contribution < -0.4 is 0 Å². The molecule has 0 bridgehead atoms. The molecule has 30 heavy (non-hydrogen) atoms. The Morgan fingerprint density at radius 1 is 0.967 bits per heavy atom. The number of esters is 1. The summed E-state index contributed by atoms with van der Waals surface area (Å²) in [6, 6.07) is 18.6. The molecule has 3 aliphatic rings. The van der Waals surface area contributed by atoms with Crippen LogP contribution in [0.4, 0.5) is 0 Å². The maximum atomic E-state index is 12.6. The molecule has 3 heterocycles. The summed E-state index contributed by atoms with van der Waals surface area (Å²) >= 11 is 0. The summed E-state index contributed by atoms with van der Waals surface area (Å²) in [5.74, 6) is -0.0137. The number of hydrogen-bond acceptors (Lipinski definition) is 7. The number of hydrogen-bond donors (Lipinski definition) is 0. The van der Waals surface area contributed by atoms with Gasteiger partial charge in [-0.25, -0.2) is 9.79 Å². The minimum Gasteiger partial charge on any atom is -0.454 e. The number of rotatable bonds is 4. The Hall–Kier alpha value is -3.00. The first-order valence-electron chi connectivity index (χ1n) is 9.83. The van der Waals surface area contributed by atoms with Crippen LogP contribution in [0.15, 0.2) is 71.7 Å². The molecule has 7 nitrogen and oxygen atoms in total. The molecule has 2 fully saturated rings. The zero-order valence-corrected chi connectivity index (χ0v) is 16.3. The van der Waals surface area contributed by atoms with Gasteiger partial charge < -0.3 is 23.7 Å². The second-order valence-corrected chi connectivity index (χ2v) is 7.25. The molecule has 0 radical (unpaired) electrons. The van der Waals surface area contributed by atoms with Crippen molar-refractivity contribution in [3.63, 3.8) is 0 Å². The van der Waals surface area contributed by atoms with Gasteiger partial charge in [-0.1, -0.05) is 60.7 Å². The molecule has 3 aliphatic heterocycles. The molecule has 0 spiro atoms. The maximum Gasteiger partial charge on any atom is 0.331 e. The van der Waals surface area contributed by atoms with Crippen LogP contribution in [0.25, 0.3) is 6.08 Å². The van der Waals surface area contributed by atoms with E-state index in [-0.39, 0.29) is 0 Å². The molecule has 6 atom stereocenters. The Kier molecular flexibility index (Phi) is 5.08. The van der Waals surface area contributed by atoms with Crippen molar-refractivity contribution >= 4 is 17.9 Å². The van der Waals surface area contributed by atoms with Gasteiger partial charge in [0, 0.05) is 18.6 Å². The third-order valence-corrected chi connectivity index (χ3v) is 5.17. The summed E-state index contributed by atoms with van der Waals surface area (Å²) in [6.07, 6.45) is -0.252. The predicted octanol–water partition coefficient (Wildman–Crippen LogP) is 3.23. The zero-order chi connectivity index (χ0) is 20.5. The van der Waals surface area contributed by atoms with Crippen molar-refractivity contribution in [2.24, 2.45) is 4.99 Å². The smallest absolute Gasteiger partial charge is 0.331 e. The lowest BCUT2D eigenvalue weighted by molar-refractivity contribution is -0.261. The molecular formula is C23H21NO6. The van der Waals surface area contributed by atoms with Crippen LogP contribution in [0.5, 0.6) is 0 Å². The summed E-state index contributed by atoms with van der Waals surface area (Å²) in [5.41, 5.74) is 1.76. The largest absolute Gasteiger partial charge is 0.454 e. The van der Waals surface area contributed by atoms with Crippen molar-refractivity contribution in [1.82, 2.24) is 0 Å². The van der Waals surface area contributed by atoms with Gasteiger partial charge in [0.1, 0.15) is 0 Å². The van der Waals surface area contributed by atoms with E-state index in [4.69, 9.17) is 23.7 Å². The molecule has 154 valence electrons. The highest BCUT2D eigenvalue weighted by Crippen LogP contribution is 2.41. The highest BCUT2D eigenvalue weighted by molar-refractivity contribution is 5.87. The number of nitrogens with zero attached hydrogens (tertiary/aromatic N) is 1. The second-order valence-electron chi connectivity index (χ2n) is 7.25. The highest BCUT2D eigenvalue weighted by Gasteiger charge is 2.57. The monoisotopic (exact) mass is 407 g/mol. The summed E-state index contributed by atoms with van der Waals surface area (Å²) in [6.45, 7) is 1.74. The van der Waals surface area contributed by atoms with Crippen molar-refractivity contribution < 1.29 is 28.5 Å². The van der Waals surface area contributed by atoms with Crippen molar-refractivity contribution in [1.29, 1.82) is 0 Å². The first-order chi connectivity index (χ1) is 14.7. The minimum absolute atomic E-state index is 0.477. The summed E-state index contributed by atoms with van der Waals surface area (Å²) in [4.78, 5) is 17.0. The van der Waals surface area contributed by atoms with Gasteiger partial charge in [-0.3, -0.25) is 0 Å². The van der Waals surface area contributed by atoms with Crippen molar-refractivity contribution in [2.45, 2.75) is 44.0 Å². The van der Waals surface area contributed by atoms with Crippen LogP contribution in [-0.2, 0) is 28.5 Å². The van der Waals surface area contributed by atoms with E-state index in [0.29, 0.717) is 5.90 Å². The standard InChI is InChI=1S/C23H21NO6/c1-14-24-18-19(27-17(25)13-12-15-8-4-2-5-9-15)20-23(30-22(18)26-14)29-21(28-20)16-10-6-3-7-11-16/h2-13,18-23H,1H3/b13-12+/t18-,19-,20+,21?,22+,23+/m1/s1. The highest BCUT2D eigenvalue weighted by atomic mass is 16.9. The van der Waals surface area contributed by atoms with E-state index in [1.165, 1.54) is 6.08 Å². The topological polar surface area (TPSA) is 75.6 Å². The number of aliphatic imine (C=N–C) groups is 1. The Bertz CT molecular complexity index is 960. The van der Waals surface area contributed by atoms with Gasteiger partial charge in [-0.05, 0) is 11.6 Å². The Morgan fingerprint density at radius 2 is 1.70 bits per heavy atom. The van der Waals surface area contributed by atoms with Crippen LogP contribution in [-0.4, -0.2) is 42.7 Å². The maximum absolute atomic E-state index is 12.6. The molecule has 2 aromatic carbocycles. The van der Waals surface area contributed by atoms with E-state index in [0.717, 1.165) is 11.1 Å². The molecule has 0 aliphatic carbocycles. The third-order valence-electron chi connectivity index (χ3n) is 5.17. The van der Waals surface area contributed by atoms with Crippen LogP contribution in [0.2, 0.25) is 0 Å². The van der Waals surface area contributed by atoms with Gasteiger partial charge in [-0.2, -0.15) is 0 Å². The molecule has 0 aromatic heterocycles. The lowest BCUT2D eigenvalue weighted by atomic mass is 10.0. The van der Waals surface area contributed by atoms with E-state index in [1.807, 2.05) is 60.7 Å². The Morgan fingerprint density at radius 3 is 2.47 bits per heavy atom. The van der Waals surface area contributed by atoms with Gasteiger partial charge >= 0.3 is 5.97 Å². The summed E-state index contributed by atoms with van der Waals surface area (Å²) in [7, 11) is 0. The Labute approximate surface area is 173 Å². The van der Waals surface area contributed by atoms with Crippen molar-refractivity contribution in [2.75, 3.05) is 0 Å². The summed E-state index contributed by atoms with van der Waals surface area (Å²) in [5, 5.41) is 0. The fraction of sp³-hybridized carbons (Fsp3) is 0.304. The molecule has 7 heteroatoms. The predicted molar refractivity (Wildman–Crippen MR) is 107 cm³/mol. The lowest BCUT2D eigenvalue weighted by Gasteiger charge is -2.36. The van der Waals surface area contributed by atoms with E-state index in [9.17, 15) is 4.79 Å². The van der Waals surface area contributed by atoms with E-state index < -0.39 is 43.1 Å². The fourth-order valence-electron chi connectivity index (χ4n) is 3.79. The normalized spacial score (nSPS) is 32.2. The van der Waals surface area contributed by atoms with Gasteiger partial charge in [0.05, 0.1) is 0 Å². The van der Waals surface area contributed by atoms with E-state index in [2.05, 4.69) is 4.99 Å². The van der Waals surface area contributed by atoms with Gasteiger partial charge in [-0.15, -0.1) is 0 Å². The van der Waals surface area contributed by atoms with Crippen LogP contribution >= 0.6 is 0 Å². The van der Waals surface area contributed by atoms with Crippen LogP contribution in [0.1, 0.15) is 24.3 Å². The van der Waals surface area contributed by atoms with E-state index in [1.54, 1.807) is 13.0 Å². The Balaban J connectivity index is 1.35. The number of carbonyl (C=O) groups is 1. The van der Waals surface area contributed by atoms with Crippen molar-refractivity contribution in [3.8, 4) is 0 Å². The van der Waals surface area contributed by atoms with E-state index >= 15 is 0 Å². The fourth-order valence-corrected chi connectivity index (χ4v) is 3.79. The number of carbonyl (C=O) groups excluding carboxylic acids is 1. The lowest BCUT2D eigenvalue weighted by Crippen LogP contribution is -2.56. The average Bonchev–Trinajstić information content (AvgIpc) is 3.36. The number of fused-ring (bicyclic) bond motifs is 2. The number of benzene rings is 2. The zero-order valence-electron chi connectivity index (χ0n) is 16.3. The average molecular weight is 407 g/mol. The first-order valence-corrected chi connectivity index (χ1v) is 9.83. The minimum atomic E-state index is -0.728. The molecular weight excluding hydrogens is 386 g/mol. The number of ether oxygens (including phenoxy) is 5. The van der Waals surface area contributed by atoms with Gasteiger partial charge in [0.2, 0.25) is 6.29 Å². The third kappa shape index (κ3) is 3.75. The van der Waals surface area contributed by atoms with Gasteiger partial charge in [0.25, 0.3) is 0 Å². The van der Waals surface area contributed by atoms with Gasteiger partial charge in [0.15, 0.2) is 36.7 Å². The van der Waals surface area contributed by atoms with Crippen LogP contribution in [0, 0.1) is 0 Å². The molecule has 0 saturated carbocycles. The molecule has 0 amide bonds. The molecule has 0 N–H and O–H groups in total. The molecule has 2 saturated heterocycles. The quantitative estimate of drug-likeness (QED) is 0.572. The molecule has 5 rings (SSSR count). The SMILES string of the molecule is CC1=N[C@H]2[C@@H](O1)O[C@@H]1OC(c3ccccc3)O[C@H]1[C@@H]2OC(=O)/C=C/c1ccccc1. The molecule has 2 aromatic rings. The van der Waals surface area contributed by atoms with Crippen molar-refractivity contribution in [3.05, 3.63) is 77.9 Å². The summed E-state index contributed by atoms with van der Waals surface area (Å²) < 4.78 is 29.4. The van der Waals surface area contributed by atoms with Crippen LogP contribution in [0.3, 0.4) is 0 Å².